The van der Waals surface area contributed by atoms with Gasteiger partial charge in [0.25, 0.3) is 0 Å². The lowest BCUT2D eigenvalue weighted by atomic mass is 10.0. The third-order valence-electron chi connectivity index (χ3n) is 12.4. The highest BCUT2D eigenvalue weighted by molar-refractivity contribution is 7.86. The molecule has 12 rings (SSSR count). The Hall–Kier alpha value is -7.45. The molecular weight excluding hydrogens is 748 g/mol. The second-order valence-electron chi connectivity index (χ2n) is 15.7. The Balaban J connectivity index is 0.964. The van der Waals surface area contributed by atoms with Gasteiger partial charge in [-0.2, -0.15) is 0 Å². The van der Waals surface area contributed by atoms with Gasteiger partial charge in [0.2, 0.25) is 0 Å². The number of aromatic nitrogens is 1. The van der Waals surface area contributed by atoms with E-state index in [9.17, 15) is 0 Å². The average Bonchev–Trinajstić information content (AvgIpc) is 3.79. The Bertz CT molecular complexity index is 3440. The number of anilines is 3. The summed E-state index contributed by atoms with van der Waals surface area (Å²) in [4.78, 5) is 2.35. The van der Waals surface area contributed by atoms with Crippen LogP contribution < -0.4 is 20.8 Å². The van der Waals surface area contributed by atoms with Gasteiger partial charge in [0.1, 0.15) is 0 Å². The highest BCUT2D eigenvalue weighted by Crippen LogP contribution is 2.55. The summed E-state index contributed by atoms with van der Waals surface area (Å²) in [6.45, 7) is 0. The van der Waals surface area contributed by atoms with Gasteiger partial charge >= 0.3 is 0 Å². The van der Waals surface area contributed by atoms with Crippen LogP contribution in [-0.2, 0) is 4.57 Å². The van der Waals surface area contributed by atoms with Crippen molar-refractivity contribution in [3.8, 4) is 27.9 Å². The molecule has 1 atom stereocenters. The largest absolute Gasteiger partial charge is 0.310 e. The third-order valence-corrected chi connectivity index (χ3v) is 15.5. The minimum absolute atomic E-state index is 0.867. The Kier molecular flexibility index (Phi) is 7.82. The van der Waals surface area contributed by atoms with Crippen molar-refractivity contribution >= 4 is 83.5 Å². The first-order chi connectivity index (χ1) is 29.6. The van der Waals surface area contributed by atoms with E-state index in [0.29, 0.717) is 0 Å². The predicted molar refractivity (Wildman–Crippen MR) is 254 cm³/mol. The molecule has 1 aliphatic rings. The number of hydrogen-bond donors (Lipinski definition) is 0. The highest BCUT2D eigenvalue weighted by Gasteiger charge is 2.41. The molecule has 60 heavy (non-hydrogen) atoms. The molecule has 11 aromatic rings. The van der Waals surface area contributed by atoms with Crippen LogP contribution in [0.4, 0.5) is 17.1 Å². The molecule has 1 unspecified atom stereocenters. The van der Waals surface area contributed by atoms with Crippen LogP contribution in [0.3, 0.4) is 0 Å². The Morgan fingerprint density at radius 1 is 0.400 bits per heavy atom. The number of hydrogen-bond acceptors (Lipinski definition) is 2. The summed E-state index contributed by atoms with van der Waals surface area (Å²) in [5.74, 6) is 0. The summed E-state index contributed by atoms with van der Waals surface area (Å²) in [5, 5.41) is 9.88. The van der Waals surface area contributed by atoms with Crippen LogP contribution in [0.2, 0.25) is 0 Å². The molecule has 0 amide bonds. The zero-order chi connectivity index (χ0) is 39.8. The highest BCUT2D eigenvalue weighted by atomic mass is 31.2. The molecule has 2 heterocycles. The van der Waals surface area contributed by atoms with E-state index in [1.165, 1.54) is 26.9 Å². The first-order valence-electron chi connectivity index (χ1n) is 20.4. The Morgan fingerprint density at radius 3 is 1.63 bits per heavy atom. The van der Waals surface area contributed by atoms with Crippen molar-refractivity contribution in [3.05, 3.63) is 224 Å². The number of fused-ring (bicyclic) bond motifs is 9. The van der Waals surface area contributed by atoms with Crippen LogP contribution in [0.5, 0.6) is 0 Å². The maximum absolute atomic E-state index is 15.5. The monoisotopic (exact) mass is 784 g/mol. The SMILES string of the molecule is O=P1(c2ccccc2)c2ccccc2-c2c1ccc1c3ccccc3n(-c3ccc(-c4ccc(N(c5ccc6ccccc6c5)c5ccc6ccccc6c5)cc4)cc3)c21. The Labute approximate surface area is 348 Å². The molecule has 0 spiro atoms. The van der Waals surface area contributed by atoms with E-state index in [1.807, 2.05) is 36.4 Å². The van der Waals surface area contributed by atoms with Gasteiger partial charge in [-0.3, -0.25) is 0 Å². The molecular formula is C56H37N2OP. The maximum Gasteiger partial charge on any atom is 0.172 e. The normalized spacial score (nSPS) is 14.5. The fourth-order valence-electron chi connectivity index (χ4n) is 9.53. The van der Waals surface area contributed by atoms with Crippen molar-refractivity contribution in [2.75, 3.05) is 4.90 Å². The van der Waals surface area contributed by atoms with E-state index in [4.69, 9.17) is 0 Å². The van der Waals surface area contributed by atoms with Crippen LogP contribution in [-0.4, -0.2) is 4.57 Å². The molecule has 0 saturated carbocycles. The van der Waals surface area contributed by atoms with Gasteiger partial charge in [0.15, 0.2) is 7.14 Å². The summed E-state index contributed by atoms with van der Waals surface area (Å²) in [5.41, 5.74) is 11.0. The molecule has 0 saturated heterocycles. The molecule has 10 aromatic carbocycles. The third kappa shape index (κ3) is 5.26. The van der Waals surface area contributed by atoms with Crippen LogP contribution in [0.15, 0.2) is 224 Å². The fraction of sp³-hybridized carbons (Fsp3) is 0. The number of rotatable bonds is 6. The van der Waals surface area contributed by atoms with E-state index >= 15 is 4.57 Å². The molecule has 282 valence electrons. The van der Waals surface area contributed by atoms with Gasteiger partial charge in [0.05, 0.1) is 11.0 Å². The molecule has 1 aromatic heterocycles. The minimum atomic E-state index is -3.10. The van der Waals surface area contributed by atoms with Gasteiger partial charge in [-0.15, -0.1) is 0 Å². The standard InChI is InChI=1S/C56H37N2OP/c59-60(48-16-2-1-3-17-48)53-21-11-9-19-51(53)55-54(60)35-34-50-49-18-8-10-20-52(49)58(56(50)55)45-30-24-41(25-31-45)40-22-28-44(29-23-40)57(46-32-26-38-12-4-6-14-42(38)36-46)47-33-27-39-13-5-7-15-43(39)37-47/h1-37H. The van der Waals surface area contributed by atoms with Gasteiger partial charge in [-0.25, -0.2) is 0 Å². The van der Waals surface area contributed by atoms with Crippen molar-refractivity contribution in [2.45, 2.75) is 0 Å². The van der Waals surface area contributed by atoms with Crippen molar-refractivity contribution in [2.24, 2.45) is 0 Å². The number of para-hydroxylation sites is 1. The quantitative estimate of drug-likeness (QED) is 0.157. The van der Waals surface area contributed by atoms with E-state index < -0.39 is 7.14 Å². The van der Waals surface area contributed by atoms with Crippen LogP contribution in [0.25, 0.3) is 71.3 Å². The lowest BCUT2D eigenvalue weighted by Crippen LogP contribution is -2.20. The van der Waals surface area contributed by atoms with E-state index in [1.54, 1.807) is 0 Å². The summed E-state index contributed by atoms with van der Waals surface area (Å²) in [6.07, 6.45) is 0. The van der Waals surface area contributed by atoms with Gasteiger partial charge in [-0.05, 0) is 98.9 Å². The molecule has 3 nitrogen and oxygen atoms in total. The van der Waals surface area contributed by atoms with Gasteiger partial charge < -0.3 is 14.0 Å². The van der Waals surface area contributed by atoms with Gasteiger partial charge in [0, 0.05) is 55.0 Å². The first kappa shape index (κ1) is 34.6. The van der Waals surface area contributed by atoms with Crippen LogP contribution in [0.1, 0.15) is 0 Å². The summed E-state index contributed by atoms with van der Waals surface area (Å²) >= 11 is 0. The predicted octanol–water partition coefficient (Wildman–Crippen LogP) is 13.8. The van der Waals surface area contributed by atoms with Crippen molar-refractivity contribution in [1.82, 2.24) is 4.57 Å². The average molecular weight is 785 g/mol. The van der Waals surface area contributed by atoms with Gasteiger partial charge in [-0.1, -0.05) is 164 Å². The van der Waals surface area contributed by atoms with E-state index in [-0.39, 0.29) is 0 Å². The lowest BCUT2D eigenvalue weighted by molar-refractivity contribution is 0.593. The zero-order valence-corrected chi connectivity index (χ0v) is 33.5. The summed E-state index contributed by atoms with van der Waals surface area (Å²) < 4.78 is 17.9. The molecule has 1 aliphatic heterocycles. The van der Waals surface area contributed by atoms with E-state index in [0.717, 1.165) is 77.3 Å². The molecule has 0 aliphatic carbocycles. The number of benzene rings is 10. The number of nitrogens with zero attached hydrogens (tertiary/aromatic N) is 2. The molecule has 0 fully saturated rings. The summed E-state index contributed by atoms with van der Waals surface area (Å²) in [7, 11) is -3.10. The van der Waals surface area contributed by atoms with Crippen molar-refractivity contribution in [3.63, 3.8) is 0 Å². The summed E-state index contributed by atoms with van der Waals surface area (Å²) in [6, 6.07) is 79.5. The lowest BCUT2D eigenvalue weighted by Gasteiger charge is -2.26. The second-order valence-corrected chi connectivity index (χ2v) is 18.4. The minimum Gasteiger partial charge on any atom is -0.310 e. The molecule has 4 heteroatoms. The first-order valence-corrected chi connectivity index (χ1v) is 22.2. The molecule has 0 N–H and O–H groups in total. The molecule has 0 radical (unpaired) electrons. The molecule has 0 bridgehead atoms. The van der Waals surface area contributed by atoms with Crippen LogP contribution >= 0.6 is 7.14 Å². The zero-order valence-electron chi connectivity index (χ0n) is 32.6. The Morgan fingerprint density at radius 2 is 0.950 bits per heavy atom. The van der Waals surface area contributed by atoms with Crippen molar-refractivity contribution < 1.29 is 4.57 Å². The van der Waals surface area contributed by atoms with E-state index in [2.05, 4.69) is 198 Å². The smallest absolute Gasteiger partial charge is 0.172 e. The fourth-order valence-corrected chi connectivity index (χ4v) is 12.6. The van der Waals surface area contributed by atoms with Crippen LogP contribution in [0, 0.1) is 0 Å². The van der Waals surface area contributed by atoms with Crippen molar-refractivity contribution in [1.29, 1.82) is 0 Å². The second kappa shape index (κ2) is 13.6. The maximum atomic E-state index is 15.5. The topological polar surface area (TPSA) is 25.2 Å².